The van der Waals surface area contributed by atoms with Crippen LogP contribution < -0.4 is 11.1 Å². The molecule has 0 aliphatic carbocycles. The molecule has 15 heavy (non-hydrogen) atoms. The average Bonchev–Trinajstić information content (AvgIpc) is 2.27. The van der Waals surface area contributed by atoms with Gasteiger partial charge in [0.05, 0.1) is 5.75 Å². The number of nitrogens with two attached hydrogens (primary N) is 1. The number of carbonyl (C=O) groups is 1. The van der Waals surface area contributed by atoms with E-state index in [9.17, 15) is 4.79 Å². The maximum atomic E-state index is 11.4. The molecule has 82 valence electrons. The van der Waals surface area contributed by atoms with Crippen molar-refractivity contribution >= 4 is 17.7 Å². The van der Waals surface area contributed by atoms with Gasteiger partial charge in [0.15, 0.2) is 0 Å². The predicted molar refractivity (Wildman–Crippen MR) is 63.8 cm³/mol. The van der Waals surface area contributed by atoms with Crippen LogP contribution in [0.1, 0.15) is 6.92 Å². The second-order valence-electron chi connectivity index (χ2n) is 3.31. The minimum atomic E-state index is 0.0294. The largest absolute Gasteiger partial charge is 0.352 e. The van der Waals surface area contributed by atoms with Crippen LogP contribution in [0.4, 0.5) is 0 Å². The summed E-state index contributed by atoms with van der Waals surface area (Å²) in [4.78, 5) is 12.5. The summed E-state index contributed by atoms with van der Waals surface area (Å²) in [6.07, 6.45) is 0. The number of hydrogen-bond donors (Lipinski definition) is 2. The molecule has 0 heterocycles. The van der Waals surface area contributed by atoms with E-state index in [-0.39, 0.29) is 11.9 Å². The van der Waals surface area contributed by atoms with Crippen LogP contribution in [-0.4, -0.2) is 24.2 Å². The number of rotatable bonds is 5. The van der Waals surface area contributed by atoms with E-state index in [1.165, 1.54) is 11.8 Å². The average molecular weight is 224 g/mol. The van der Waals surface area contributed by atoms with Crippen molar-refractivity contribution in [3.8, 4) is 0 Å². The Bertz CT molecular complexity index is 303. The maximum Gasteiger partial charge on any atom is 0.230 e. The van der Waals surface area contributed by atoms with Gasteiger partial charge in [-0.25, -0.2) is 0 Å². The molecule has 3 nitrogen and oxygen atoms in total. The number of carbonyl (C=O) groups excluding carboxylic acids is 1. The first kappa shape index (κ1) is 12.1. The van der Waals surface area contributed by atoms with E-state index in [0.717, 1.165) is 4.90 Å². The quantitative estimate of drug-likeness (QED) is 0.740. The summed E-state index contributed by atoms with van der Waals surface area (Å²) in [6, 6.07) is 9.91. The highest BCUT2D eigenvalue weighted by atomic mass is 32.2. The molecule has 0 aliphatic heterocycles. The van der Waals surface area contributed by atoms with E-state index < -0.39 is 0 Å². The van der Waals surface area contributed by atoms with Gasteiger partial charge in [-0.3, -0.25) is 4.79 Å². The number of benzene rings is 1. The van der Waals surface area contributed by atoms with Gasteiger partial charge in [-0.2, -0.15) is 0 Å². The highest BCUT2D eigenvalue weighted by molar-refractivity contribution is 8.00. The van der Waals surface area contributed by atoms with E-state index in [1.54, 1.807) is 0 Å². The van der Waals surface area contributed by atoms with Crippen LogP contribution >= 0.6 is 11.8 Å². The normalized spacial score (nSPS) is 12.1. The Morgan fingerprint density at radius 1 is 1.47 bits per heavy atom. The van der Waals surface area contributed by atoms with Crippen molar-refractivity contribution in [3.63, 3.8) is 0 Å². The highest BCUT2D eigenvalue weighted by Gasteiger charge is 2.05. The number of nitrogens with one attached hydrogen (secondary N) is 1. The Labute approximate surface area is 94.4 Å². The van der Waals surface area contributed by atoms with Gasteiger partial charge in [0.1, 0.15) is 0 Å². The number of hydrogen-bond acceptors (Lipinski definition) is 3. The molecule has 1 aromatic rings. The van der Waals surface area contributed by atoms with Gasteiger partial charge in [-0.1, -0.05) is 18.2 Å². The molecule has 1 aromatic carbocycles. The van der Waals surface area contributed by atoms with Gasteiger partial charge in [0, 0.05) is 17.5 Å². The molecule has 3 N–H and O–H groups in total. The zero-order valence-corrected chi connectivity index (χ0v) is 9.59. The maximum absolute atomic E-state index is 11.4. The molecule has 4 heteroatoms. The molecule has 1 rings (SSSR count). The smallest absolute Gasteiger partial charge is 0.230 e. The molecule has 0 aliphatic rings. The molecule has 0 fully saturated rings. The Hall–Kier alpha value is -1.00. The van der Waals surface area contributed by atoms with Crippen molar-refractivity contribution < 1.29 is 4.79 Å². The van der Waals surface area contributed by atoms with Crippen molar-refractivity contribution in [2.45, 2.75) is 17.9 Å². The Morgan fingerprint density at radius 2 is 2.13 bits per heavy atom. The van der Waals surface area contributed by atoms with Gasteiger partial charge in [-0.15, -0.1) is 11.8 Å². The number of amides is 1. The van der Waals surface area contributed by atoms with Gasteiger partial charge >= 0.3 is 0 Å². The van der Waals surface area contributed by atoms with Crippen molar-refractivity contribution in [1.82, 2.24) is 5.32 Å². The summed E-state index contributed by atoms with van der Waals surface area (Å²) in [5, 5.41) is 2.82. The van der Waals surface area contributed by atoms with E-state index in [2.05, 4.69) is 5.32 Å². The van der Waals surface area contributed by atoms with Gasteiger partial charge in [0.2, 0.25) is 5.91 Å². The SMILES string of the molecule is C[C@@H](CN)NC(=O)CSc1ccccc1. The topological polar surface area (TPSA) is 55.1 Å². The molecular formula is C11H16N2OS. The van der Waals surface area contributed by atoms with Gasteiger partial charge in [0.25, 0.3) is 0 Å². The fourth-order valence-corrected chi connectivity index (χ4v) is 1.77. The van der Waals surface area contributed by atoms with E-state index in [0.29, 0.717) is 12.3 Å². The second kappa shape index (κ2) is 6.48. The fourth-order valence-electron chi connectivity index (χ4n) is 1.04. The molecule has 0 saturated heterocycles. The second-order valence-corrected chi connectivity index (χ2v) is 4.35. The monoisotopic (exact) mass is 224 g/mol. The van der Waals surface area contributed by atoms with Crippen LogP contribution in [0.15, 0.2) is 35.2 Å². The lowest BCUT2D eigenvalue weighted by molar-refractivity contribution is -0.119. The lowest BCUT2D eigenvalue weighted by atomic mass is 10.3. The Morgan fingerprint density at radius 3 is 2.73 bits per heavy atom. The van der Waals surface area contributed by atoms with E-state index in [1.807, 2.05) is 37.3 Å². The molecule has 0 saturated carbocycles. The third-order valence-electron chi connectivity index (χ3n) is 1.87. The van der Waals surface area contributed by atoms with Gasteiger partial charge in [-0.05, 0) is 19.1 Å². The van der Waals surface area contributed by atoms with Crippen molar-refractivity contribution in [2.24, 2.45) is 5.73 Å². The zero-order valence-electron chi connectivity index (χ0n) is 8.77. The summed E-state index contributed by atoms with van der Waals surface area (Å²) in [5.41, 5.74) is 5.41. The van der Waals surface area contributed by atoms with Crippen molar-refractivity contribution in [3.05, 3.63) is 30.3 Å². The third-order valence-corrected chi connectivity index (χ3v) is 2.89. The first-order valence-corrected chi connectivity index (χ1v) is 5.88. The molecule has 0 unspecified atom stereocenters. The molecule has 1 amide bonds. The summed E-state index contributed by atoms with van der Waals surface area (Å²) in [6.45, 7) is 2.37. The first-order chi connectivity index (χ1) is 7.22. The minimum absolute atomic E-state index is 0.0294. The molecule has 0 aromatic heterocycles. The van der Waals surface area contributed by atoms with Crippen molar-refractivity contribution in [2.75, 3.05) is 12.3 Å². The highest BCUT2D eigenvalue weighted by Crippen LogP contribution is 2.16. The lowest BCUT2D eigenvalue weighted by Gasteiger charge is -2.10. The van der Waals surface area contributed by atoms with Crippen LogP contribution in [0, 0.1) is 0 Å². The molecule has 0 radical (unpaired) electrons. The molecule has 0 spiro atoms. The fraction of sp³-hybridized carbons (Fsp3) is 0.364. The summed E-state index contributed by atoms with van der Waals surface area (Å²) < 4.78 is 0. The standard InChI is InChI=1S/C11H16N2OS/c1-9(7-12)13-11(14)8-15-10-5-3-2-4-6-10/h2-6,9H,7-8,12H2,1H3,(H,13,14)/t9-/m0/s1. The minimum Gasteiger partial charge on any atom is -0.352 e. The van der Waals surface area contributed by atoms with Crippen LogP contribution in [-0.2, 0) is 4.79 Å². The van der Waals surface area contributed by atoms with E-state index in [4.69, 9.17) is 5.73 Å². The molecule has 0 bridgehead atoms. The number of thioether (sulfide) groups is 1. The third kappa shape index (κ3) is 4.85. The van der Waals surface area contributed by atoms with Crippen LogP contribution in [0.5, 0.6) is 0 Å². The lowest BCUT2D eigenvalue weighted by Crippen LogP contribution is -2.38. The Kier molecular flexibility index (Phi) is 5.21. The summed E-state index contributed by atoms with van der Waals surface area (Å²) in [5.74, 6) is 0.468. The predicted octanol–water partition coefficient (Wildman–Crippen LogP) is 1.24. The van der Waals surface area contributed by atoms with E-state index >= 15 is 0 Å². The Balaban J connectivity index is 2.29. The van der Waals surface area contributed by atoms with Crippen LogP contribution in [0.3, 0.4) is 0 Å². The molecule has 1 atom stereocenters. The van der Waals surface area contributed by atoms with Crippen LogP contribution in [0.2, 0.25) is 0 Å². The molecular weight excluding hydrogens is 208 g/mol. The first-order valence-electron chi connectivity index (χ1n) is 4.89. The van der Waals surface area contributed by atoms with Crippen LogP contribution in [0.25, 0.3) is 0 Å². The summed E-state index contributed by atoms with van der Waals surface area (Å²) in [7, 11) is 0. The zero-order chi connectivity index (χ0) is 11.1. The van der Waals surface area contributed by atoms with Gasteiger partial charge < -0.3 is 11.1 Å². The van der Waals surface area contributed by atoms with Crippen molar-refractivity contribution in [1.29, 1.82) is 0 Å². The summed E-state index contributed by atoms with van der Waals surface area (Å²) >= 11 is 1.53.